The first kappa shape index (κ1) is 12.7. The minimum Gasteiger partial charge on any atom is -0.376 e. The molecule has 0 saturated carbocycles. The summed E-state index contributed by atoms with van der Waals surface area (Å²) in [6.07, 6.45) is 3.61. The van der Waals surface area contributed by atoms with E-state index in [1.165, 1.54) is 0 Å². The largest absolute Gasteiger partial charge is 0.376 e. The number of thiol groups is 1. The highest BCUT2D eigenvalue weighted by Gasteiger charge is 2.03. The van der Waals surface area contributed by atoms with Crippen molar-refractivity contribution in [2.24, 2.45) is 4.99 Å². The minimum atomic E-state index is 0.875. The van der Waals surface area contributed by atoms with Crippen molar-refractivity contribution in [3.05, 3.63) is 36.3 Å². The van der Waals surface area contributed by atoms with Gasteiger partial charge in [0, 0.05) is 18.3 Å². The van der Waals surface area contributed by atoms with Crippen molar-refractivity contribution in [2.75, 3.05) is 6.54 Å². The average Bonchev–Trinajstić information content (AvgIpc) is 2.71. The highest BCUT2D eigenvalue weighted by Crippen LogP contribution is 2.22. The topological polar surface area (TPSA) is 42.2 Å². The zero-order valence-electron chi connectivity index (χ0n) is 10.5. The number of hydrogen-bond donors (Lipinski definition) is 2. The summed E-state index contributed by atoms with van der Waals surface area (Å²) >= 11 is 4.27. The molecular weight excluding hydrogens is 244 g/mol. The van der Waals surface area contributed by atoms with Gasteiger partial charge in [-0.3, -0.25) is 3.97 Å². The lowest BCUT2D eigenvalue weighted by Gasteiger charge is -1.98. The Morgan fingerprint density at radius 1 is 1.39 bits per heavy atom. The number of imidazole rings is 1. The van der Waals surface area contributed by atoms with E-state index in [4.69, 9.17) is 0 Å². The predicted octanol–water partition coefficient (Wildman–Crippen LogP) is 2.82. The maximum Gasteiger partial charge on any atom is 0.116 e. The second kappa shape index (κ2) is 5.73. The molecule has 18 heavy (non-hydrogen) atoms. The maximum atomic E-state index is 4.42. The molecule has 0 amide bonds. The van der Waals surface area contributed by atoms with E-state index in [0.717, 1.165) is 29.3 Å². The monoisotopic (exact) mass is 260 g/mol. The third-order valence-electron chi connectivity index (χ3n) is 2.53. The van der Waals surface area contributed by atoms with Crippen molar-refractivity contribution >= 4 is 24.8 Å². The Balaban J connectivity index is 2.17. The number of aromatic nitrogens is 2. The Kier molecular flexibility index (Phi) is 4.04. The van der Waals surface area contributed by atoms with E-state index in [0.29, 0.717) is 0 Å². The van der Waals surface area contributed by atoms with E-state index in [1.54, 1.807) is 10.3 Å². The van der Waals surface area contributed by atoms with Gasteiger partial charge in [0.25, 0.3) is 0 Å². The number of hydrogen-bond acceptors (Lipinski definition) is 3. The Labute approximate surface area is 112 Å². The first-order valence-corrected chi connectivity index (χ1v) is 6.22. The van der Waals surface area contributed by atoms with Crippen LogP contribution < -0.4 is 5.32 Å². The van der Waals surface area contributed by atoms with Crippen LogP contribution in [-0.2, 0) is 0 Å². The van der Waals surface area contributed by atoms with E-state index < -0.39 is 0 Å². The van der Waals surface area contributed by atoms with Crippen molar-refractivity contribution in [3.8, 4) is 11.3 Å². The lowest BCUT2D eigenvalue weighted by atomic mass is 10.1. The number of aryl methyl sites for hydroxylation is 1. The van der Waals surface area contributed by atoms with E-state index >= 15 is 0 Å². The van der Waals surface area contributed by atoms with Gasteiger partial charge in [0.2, 0.25) is 0 Å². The number of aliphatic imine (C=N–C) groups is 1. The number of nitrogens with one attached hydrogen (secondary N) is 1. The van der Waals surface area contributed by atoms with Crippen LogP contribution in [0.25, 0.3) is 11.3 Å². The van der Waals surface area contributed by atoms with E-state index in [2.05, 4.69) is 28.1 Å². The number of rotatable bonds is 4. The van der Waals surface area contributed by atoms with Crippen molar-refractivity contribution in [2.45, 2.75) is 13.8 Å². The molecule has 0 radical (unpaired) electrons. The average molecular weight is 260 g/mol. The molecule has 4 nitrogen and oxygen atoms in total. The molecule has 0 atom stereocenters. The lowest BCUT2D eigenvalue weighted by Crippen LogP contribution is -2.08. The predicted molar refractivity (Wildman–Crippen MR) is 78.6 cm³/mol. The Hall–Kier alpha value is -1.75. The molecule has 0 fully saturated rings. The first-order valence-electron chi connectivity index (χ1n) is 5.82. The molecule has 0 bridgehead atoms. The van der Waals surface area contributed by atoms with Crippen LogP contribution in [0.4, 0.5) is 5.69 Å². The molecule has 0 spiro atoms. The standard InChI is InChI=1S/C13H16N4S/c1-3-14-9-15-12-6-4-11(5-7-12)13-8-17(18)10(2)16-13/h4-9,18H,3H2,1-2H3,(H,14,15). The molecule has 1 N–H and O–H groups in total. The molecular formula is C13H16N4S. The molecule has 0 saturated heterocycles. The molecule has 1 aromatic carbocycles. The van der Waals surface area contributed by atoms with Crippen molar-refractivity contribution in [1.29, 1.82) is 0 Å². The summed E-state index contributed by atoms with van der Waals surface area (Å²) in [5, 5.41) is 3.04. The number of nitrogens with zero attached hydrogens (tertiary/aromatic N) is 3. The second-order valence-corrected chi connectivity index (χ2v) is 4.31. The highest BCUT2D eigenvalue weighted by molar-refractivity contribution is 7.78. The molecule has 1 heterocycles. The molecule has 2 aromatic rings. The van der Waals surface area contributed by atoms with Crippen LogP contribution in [0.15, 0.2) is 35.5 Å². The van der Waals surface area contributed by atoms with Crippen LogP contribution in [0.3, 0.4) is 0 Å². The van der Waals surface area contributed by atoms with Gasteiger partial charge in [-0.05, 0) is 26.0 Å². The van der Waals surface area contributed by atoms with Crippen LogP contribution in [0.1, 0.15) is 12.7 Å². The highest BCUT2D eigenvalue weighted by atomic mass is 32.1. The fraction of sp³-hybridized carbons (Fsp3) is 0.231. The van der Waals surface area contributed by atoms with Gasteiger partial charge in [0.15, 0.2) is 0 Å². The van der Waals surface area contributed by atoms with E-state index in [1.807, 2.05) is 44.3 Å². The van der Waals surface area contributed by atoms with Gasteiger partial charge in [0.05, 0.1) is 17.7 Å². The third-order valence-corrected chi connectivity index (χ3v) is 2.94. The fourth-order valence-corrected chi connectivity index (χ4v) is 1.69. The molecule has 94 valence electrons. The maximum absolute atomic E-state index is 4.42. The van der Waals surface area contributed by atoms with Gasteiger partial charge in [-0.25, -0.2) is 9.98 Å². The van der Waals surface area contributed by atoms with Crippen LogP contribution in [-0.4, -0.2) is 21.8 Å². The van der Waals surface area contributed by atoms with Gasteiger partial charge < -0.3 is 5.32 Å². The van der Waals surface area contributed by atoms with Crippen molar-refractivity contribution < 1.29 is 0 Å². The van der Waals surface area contributed by atoms with Crippen LogP contribution >= 0.6 is 12.8 Å². The van der Waals surface area contributed by atoms with E-state index in [-0.39, 0.29) is 0 Å². The third kappa shape index (κ3) is 2.92. The molecule has 1 aromatic heterocycles. The quantitative estimate of drug-likeness (QED) is 0.504. The van der Waals surface area contributed by atoms with Gasteiger partial charge in [-0.1, -0.05) is 24.9 Å². The van der Waals surface area contributed by atoms with E-state index in [9.17, 15) is 0 Å². The van der Waals surface area contributed by atoms with Gasteiger partial charge >= 0.3 is 0 Å². The van der Waals surface area contributed by atoms with Crippen LogP contribution in [0, 0.1) is 6.92 Å². The van der Waals surface area contributed by atoms with Crippen LogP contribution in [0.5, 0.6) is 0 Å². The zero-order chi connectivity index (χ0) is 13.0. The summed E-state index contributed by atoms with van der Waals surface area (Å²) in [6.45, 7) is 4.83. The summed E-state index contributed by atoms with van der Waals surface area (Å²) in [5.41, 5.74) is 2.90. The summed E-state index contributed by atoms with van der Waals surface area (Å²) in [5.74, 6) is 0.877. The molecule has 0 aliphatic heterocycles. The first-order chi connectivity index (χ1) is 8.70. The Bertz CT molecular complexity index is 523. The van der Waals surface area contributed by atoms with Crippen LogP contribution in [0.2, 0.25) is 0 Å². The molecule has 5 heteroatoms. The zero-order valence-corrected chi connectivity index (χ0v) is 11.4. The molecule has 0 aliphatic carbocycles. The van der Waals surface area contributed by atoms with Crippen molar-refractivity contribution in [1.82, 2.24) is 14.3 Å². The Morgan fingerprint density at radius 2 is 2.11 bits per heavy atom. The summed E-state index contributed by atoms with van der Waals surface area (Å²) < 4.78 is 1.71. The minimum absolute atomic E-state index is 0.875. The Morgan fingerprint density at radius 3 is 2.67 bits per heavy atom. The summed E-state index contributed by atoms with van der Waals surface area (Å²) in [4.78, 5) is 8.70. The molecule has 0 unspecified atom stereocenters. The molecule has 2 rings (SSSR count). The number of benzene rings is 1. The molecule has 0 aliphatic rings. The van der Waals surface area contributed by atoms with Crippen molar-refractivity contribution in [3.63, 3.8) is 0 Å². The van der Waals surface area contributed by atoms with Gasteiger partial charge in [-0.15, -0.1) is 0 Å². The second-order valence-electron chi connectivity index (χ2n) is 3.88. The normalized spacial score (nSPS) is 11.1. The smallest absolute Gasteiger partial charge is 0.116 e. The lowest BCUT2D eigenvalue weighted by molar-refractivity contribution is 0.987. The SMILES string of the molecule is CCN/C=N/c1ccc(-c2cn(S)c(C)n2)cc1. The fourth-order valence-electron chi connectivity index (χ4n) is 1.53. The summed E-state index contributed by atoms with van der Waals surface area (Å²) in [7, 11) is 0. The summed E-state index contributed by atoms with van der Waals surface area (Å²) in [6, 6.07) is 7.95. The van der Waals surface area contributed by atoms with Gasteiger partial charge in [0.1, 0.15) is 5.82 Å². The van der Waals surface area contributed by atoms with Gasteiger partial charge in [-0.2, -0.15) is 0 Å².